The molecule has 3 fully saturated rings. The fourth-order valence-corrected chi connectivity index (χ4v) is 7.57. The summed E-state index contributed by atoms with van der Waals surface area (Å²) < 4.78 is 50.0. The van der Waals surface area contributed by atoms with Gasteiger partial charge < -0.3 is 19.4 Å². The maximum Gasteiger partial charge on any atom is 0.319 e. The Morgan fingerprint density at radius 1 is 1.24 bits per heavy atom. The highest BCUT2D eigenvalue weighted by atomic mass is 32.2. The van der Waals surface area contributed by atoms with Crippen LogP contribution in [0.15, 0.2) is 23.4 Å². The molecule has 4 heterocycles. The number of amides is 2. The highest BCUT2D eigenvalue weighted by Crippen LogP contribution is 2.49. The molecular weight excluding hydrogens is 585 g/mol. The second kappa shape index (κ2) is 10.7. The predicted molar refractivity (Wildman–Crippen MR) is 153 cm³/mol. The standard InChI is InChI=1S/C26H32FN9O4S2/c1-33(11-12-40-2)24(37)35-9-7-34(8-10-35)19-13-18(42(38,39)32-26(16-27)5-6-26)15-36-20(14-29-21(19)36)22-30-31-23(41-22)25(17-28)3-4-25/h13-15,32H,3-12,16H2,1-2H3. The van der Waals surface area contributed by atoms with E-state index in [2.05, 4.69) is 26.0 Å². The van der Waals surface area contributed by atoms with Crippen molar-refractivity contribution in [2.75, 3.05) is 65.1 Å². The van der Waals surface area contributed by atoms with Gasteiger partial charge in [-0.05, 0) is 31.7 Å². The molecule has 6 rings (SSSR count). The molecule has 0 aromatic carbocycles. The zero-order valence-electron chi connectivity index (χ0n) is 23.4. The molecule has 3 aliphatic rings. The first-order chi connectivity index (χ1) is 20.1. The van der Waals surface area contributed by atoms with Gasteiger partial charge in [-0.15, -0.1) is 10.2 Å². The number of piperazine rings is 1. The lowest BCUT2D eigenvalue weighted by Gasteiger charge is -2.37. The van der Waals surface area contributed by atoms with E-state index in [0.29, 0.717) is 79.2 Å². The molecule has 3 aromatic rings. The van der Waals surface area contributed by atoms with Gasteiger partial charge in [0.05, 0.1) is 30.1 Å². The number of aromatic nitrogens is 4. The minimum atomic E-state index is -4.08. The van der Waals surface area contributed by atoms with Crippen LogP contribution in [-0.2, 0) is 20.2 Å². The largest absolute Gasteiger partial charge is 0.383 e. The van der Waals surface area contributed by atoms with E-state index in [9.17, 15) is 22.9 Å². The van der Waals surface area contributed by atoms with Crippen molar-refractivity contribution in [3.05, 3.63) is 23.5 Å². The lowest BCUT2D eigenvalue weighted by Crippen LogP contribution is -2.52. The van der Waals surface area contributed by atoms with Gasteiger partial charge in [0.2, 0.25) is 10.0 Å². The van der Waals surface area contributed by atoms with Gasteiger partial charge in [-0.25, -0.2) is 27.3 Å². The van der Waals surface area contributed by atoms with Crippen LogP contribution in [0.3, 0.4) is 0 Å². The number of anilines is 1. The molecule has 2 aliphatic carbocycles. The van der Waals surface area contributed by atoms with Crippen LogP contribution >= 0.6 is 11.3 Å². The lowest BCUT2D eigenvalue weighted by molar-refractivity contribution is 0.134. The van der Waals surface area contributed by atoms with E-state index in [-0.39, 0.29) is 10.9 Å². The number of nitriles is 1. The zero-order valence-corrected chi connectivity index (χ0v) is 25.0. The topological polar surface area (TPSA) is 149 Å². The van der Waals surface area contributed by atoms with Crippen LogP contribution in [0.25, 0.3) is 16.3 Å². The van der Waals surface area contributed by atoms with Crippen LogP contribution < -0.4 is 9.62 Å². The molecule has 0 spiro atoms. The van der Waals surface area contributed by atoms with Gasteiger partial charge in [-0.1, -0.05) is 11.3 Å². The molecule has 1 N–H and O–H groups in total. The maximum atomic E-state index is 13.7. The van der Waals surface area contributed by atoms with Crippen LogP contribution in [0.4, 0.5) is 14.9 Å². The number of alkyl halides is 1. The van der Waals surface area contributed by atoms with Gasteiger partial charge in [0.1, 0.15) is 27.7 Å². The van der Waals surface area contributed by atoms with Crippen molar-refractivity contribution in [1.29, 1.82) is 5.26 Å². The number of nitrogens with zero attached hydrogens (tertiary/aromatic N) is 8. The number of sulfonamides is 1. The molecule has 0 unspecified atom stereocenters. The smallest absolute Gasteiger partial charge is 0.319 e. The summed E-state index contributed by atoms with van der Waals surface area (Å²) in [6, 6.07) is 3.79. The summed E-state index contributed by atoms with van der Waals surface area (Å²) in [6.07, 6.45) is 5.44. The number of halogens is 1. The van der Waals surface area contributed by atoms with E-state index in [1.54, 1.807) is 40.6 Å². The number of methoxy groups -OCH3 is 1. The summed E-state index contributed by atoms with van der Waals surface area (Å²) in [7, 11) is -0.758. The molecule has 2 amide bonds. The van der Waals surface area contributed by atoms with Crippen molar-refractivity contribution in [2.45, 2.75) is 41.5 Å². The minimum absolute atomic E-state index is 0.0257. The van der Waals surface area contributed by atoms with E-state index in [0.717, 1.165) is 12.8 Å². The molecule has 13 nitrogen and oxygen atoms in total. The SMILES string of the molecule is COCCN(C)C(=O)N1CCN(c2cc(S(=O)(=O)NC3(CF)CC3)cn3c(-c4nnc(C5(C#N)CC5)s4)cnc23)CC1. The first-order valence-corrected chi connectivity index (χ1v) is 16.0. The van der Waals surface area contributed by atoms with Crippen LogP contribution in [-0.4, -0.2) is 110 Å². The van der Waals surface area contributed by atoms with E-state index < -0.39 is 27.7 Å². The highest BCUT2D eigenvalue weighted by molar-refractivity contribution is 7.89. The molecule has 0 radical (unpaired) electrons. The molecule has 3 aromatic heterocycles. The molecule has 42 heavy (non-hydrogen) atoms. The first kappa shape index (κ1) is 28.7. The molecular formula is C26H32FN9O4S2. The third kappa shape index (κ3) is 5.19. The number of hydrogen-bond acceptors (Lipinski definition) is 10. The number of rotatable bonds is 10. The van der Waals surface area contributed by atoms with E-state index in [1.165, 1.54) is 17.5 Å². The number of nitrogens with one attached hydrogen (secondary N) is 1. The Kier molecular flexibility index (Phi) is 7.32. The Balaban J connectivity index is 1.34. The third-order valence-corrected chi connectivity index (χ3v) is 10.9. The van der Waals surface area contributed by atoms with Crippen molar-refractivity contribution < 1.29 is 22.3 Å². The molecule has 2 saturated carbocycles. The number of likely N-dealkylation sites (N-methyl/N-ethyl adjacent to an activating group) is 1. The Morgan fingerprint density at radius 2 is 1.98 bits per heavy atom. The average molecular weight is 618 g/mol. The molecule has 224 valence electrons. The van der Waals surface area contributed by atoms with Gasteiger partial charge in [-0.2, -0.15) is 5.26 Å². The summed E-state index contributed by atoms with van der Waals surface area (Å²) in [5, 5.41) is 19.3. The quantitative estimate of drug-likeness (QED) is 0.361. The van der Waals surface area contributed by atoms with Crippen molar-refractivity contribution in [3.63, 3.8) is 0 Å². The number of hydrogen-bond donors (Lipinski definition) is 1. The normalized spacial score (nSPS) is 19.1. The van der Waals surface area contributed by atoms with Gasteiger partial charge in [0.25, 0.3) is 0 Å². The van der Waals surface area contributed by atoms with E-state index >= 15 is 0 Å². The van der Waals surface area contributed by atoms with Crippen molar-refractivity contribution in [1.82, 2.24) is 34.1 Å². The fraction of sp³-hybridized carbons (Fsp3) is 0.577. The van der Waals surface area contributed by atoms with Crippen molar-refractivity contribution in [3.8, 4) is 16.8 Å². The zero-order chi connectivity index (χ0) is 29.7. The molecule has 1 saturated heterocycles. The summed E-state index contributed by atoms with van der Waals surface area (Å²) in [5.74, 6) is 0. The fourth-order valence-electron chi connectivity index (χ4n) is 5.06. The summed E-state index contributed by atoms with van der Waals surface area (Å²) >= 11 is 1.30. The van der Waals surface area contributed by atoms with Crippen LogP contribution in [0.5, 0.6) is 0 Å². The monoisotopic (exact) mass is 617 g/mol. The van der Waals surface area contributed by atoms with Crippen LogP contribution in [0.1, 0.15) is 30.7 Å². The molecule has 16 heteroatoms. The van der Waals surface area contributed by atoms with Crippen LogP contribution in [0, 0.1) is 11.3 Å². The Labute approximate surface area is 246 Å². The molecule has 0 bridgehead atoms. The number of ether oxygens (including phenoxy) is 1. The Bertz CT molecular complexity index is 1650. The molecule has 1 aliphatic heterocycles. The minimum Gasteiger partial charge on any atom is -0.383 e. The van der Waals surface area contributed by atoms with Gasteiger partial charge in [-0.3, -0.25) is 4.40 Å². The number of pyridine rings is 1. The predicted octanol–water partition coefficient (Wildman–Crippen LogP) is 2.01. The van der Waals surface area contributed by atoms with Gasteiger partial charge in [0, 0.05) is 53.1 Å². The number of urea groups is 1. The van der Waals surface area contributed by atoms with Gasteiger partial charge in [0.15, 0.2) is 10.7 Å². The number of carbonyl (C=O) groups excluding carboxylic acids is 1. The van der Waals surface area contributed by atoms with Crippen molar-refractivity contribution in [2.24, 2.45) is 0 Å². The second-order valence-corrected chi connectivity index (χ2v) is 13.9. The lowest BCUT2D eigenvalue weighted by atomic mass is 10.1. The summed E-state index contributed by atoms with van der Waals surface area (Å²) in [4.78, 5) is 22.9. The molecule has 0 atom stereocenters. The number of imidazole rings is 1. The summed E-state index contributed by atoms with van der Waals surface area (Å²) in [5.41, 5.74) is -0.0165. The van der Waals surface area contributed by atoms with Crippen LogP contribution in [0.2, 0.25) is 0 Å². The number of fused-ring (bicyclic) bond motifs is 1. The maximum absolute atomic E-state index is 13.7. The summed E-state index contributed by atoms with van der Waals surface area (Å²) in [6.45, 7) is 1.93. The van der Waals surface area contributed by atoms with Crippen molar-refractivity contribution >= 4 is 38.7 Å². The van der Waals surface area contributed by atoms with E-state index in [4.69, 9.17) is 4.74 Å². The first-order valence-electron chi connectivity index (χ1n) is 13.7. The highest BCUT2D eigenvalue weighted by Gasteiger charge is 2.49. The van der Waals surface area contributed by atoms with Gasteiger partial charge >= 0.3 is 6.03 Å². The van der Waals surface area contributed by atoms with E-state index in [1.807, 2.05) is 4.90 Å². The second-order valence-electron chi connectivity index (χ2n) is 11.2. The Morgan fingerprint density at radius 3 is 2.60 bits per heavy atom. The number of carbonyl (C=O) groups is 1. The Hall–Kier alpha value is -3.39. The third-order valence-electron chi connectivity index (χ3n) is 8.20. The average Bonchev–Trinajstić information content (AvgIpc) is 3.86.